The first-order valence-electron chi connectivity index (χ1n) is 5.79. The number of rotatable bonds is 4. The summed E-state index contributed by atoms with van der Waals surface area (Å²) in [5.41, 5.74) is 0.923. The molecule has 2 aromatic rings. The van der Waals surface area contributed by atoms with Gasteiger partial charge in [0.15, 0.2) is 11.3 Å². The molecule has 2 rings (SSSR count). The summed E-state index contributed by atoms with van der Waals surface area (Å²) in [6.07, 6.45) is 4.23. The Bertz CT molecular complexity index is 624. The molecule has 1 N–H and O–H groups in total. The van der Waals surface area contributed by atoms with E-state index in [0.717, 1.165) is 5.39 Å². The molecular weight excluding hydrogens is 250 g/mol. The molecule has 5 heteroatoms. The Morgan fingerprint density at radius 2 is 2.37 bits per heavy atom. The van der Waals surface area contributed by atoms with Gasteiger partial charge in [0.2, 0.25) is 5.75 Å². The fourth-order valence-corrected chi connectivity index (χ4v) is 1.76. The summed E-state index contributed by atoms with van der Waals surface area (Å²) < 4.78 is 15.1. The highest BCUT2D eigenvalue weighted by molar-refractivity contribution is 5.93. The first-order valence-corrected chi connectivity index (χ1v) is 5.79. The predicted octanol–water partition coefficient (Wildman–Crippen LogP) is 2.72. The summed E-state index contributed by atoms with van der Waals surface area (Å²) in [6, 6.07) is 3.45. The SMILES string of the molecule is CCOC(=O)/C=[14CH]/c1cc2ccoc2c(OC)c1O. The van der Waals surface area contributed by atoms with Gasteiger partial charge in [0.25, 0.3) is 0 Å². The lowest BCUT2D eigenvalue weighted by atomic mass is 10.2. The van der Waals surface area contributed by atoms with Gasteiger partial charge in [-0.3, -0.25) is 0 Å². The van der Waals surface area contributed by atoms with Crippen LogP contribution in [0.1, 0.15) is 12.5 Å². The fraction of sp³-hybridized carbons (Fsp3) is 0.214. The molecule has 1 heterocycles. The number of methoxy groups -OCH3 is 1. The molecule has 0 aliphatic heterocycles. The maximum absolute atomic E-state index is 11.3. The number of fused-ring (bicyclic) bond motifs is 1. The molecule has 0 radical (unpaired) electrons. The molecule has 0 saturated carbocycles. The number of esters is 1. The Kier molecular flexibility index (Phi) is 3.75. The van der Waals surface area contributed by atoms with Gasteiger partial charge in [-0.25, -0.2) is 4.79 Å². The molecule has 1 aromatic heterocycles. The highest BCUT2D eigenvalue weighted by atomic mass is 16.5. The molecule has 1 aromatic carbocycles. The van der Waals surface area contributed by atoms with E-state index >= 15 is 0 Å². The smallest absolute Gasteiger partial charge is 0.330 e. The second kappa shape index (κ2) is 5.48. The van der Waals surface area contributed by atoms with Crippen molar-refractivity contribution in [3.63, 3.8) is 0 Å². The van der Waals surface area contributed by atoms with Gasteiger partial charge >= 0.3 is 5.97 Å². The van der Waals surface area contributed by atoms with Gasteiger partial charge in [0, 0.05) is 17.0 Å². The standard InChI is InChI=1S/C14H14O5/c1-3-18-11(15)5-4-9-8-10-6-7-19-13(10)14(17-2)12(9)16/h4-8,16H,3H2,1-2H3/b5-4+/i4+2. The fourth-order valence-electron chi connectivity index (χ4n) is 1.76. The molecule has 0 aliphatic carbocycles. The number of carbonyl (C=O) groups excluding carboxylic acids is 1. The van der Waals surface area contributed by atoms with Crippen LogP contribution in [-0.4, -0.2) is 24.8 Å². The monoisotopic (exact) mass is 264 g/mol. The minimum atomic E-state index is -0.465. The quantitative estimate of drug-likeness (QED) is 0.679. The summed E-state index contributed by atoms with van der Waals surface area (Å²) in [4.78, 5) is 11.3. The van der Waals surface area contributed by atoms with E-state index in [1.54, 1.807) is 19.1 Å². The second-order valence-electron chi connectivity index (χ2n) is 3.77. The van der Waals surface area contributed by atoms with Crippen LogP contribution < -0.4 is 4.74 Å². The van der Waals surface area contributed by atoms with E-state index < -0.39 is 5.97 Å². The first kappa shape index (κ1) is 13.0. The Morgan fingerprint density at radius 3 is 3.05 bits per heavy atom. The minimum Gasteiger partial charge on any atom is -0.504 e. The zero-order valence-corrected chi connectivity index (χ0v) is 10.7. The molecule has 0 unspecified atom stereocenters. The van der Waals surface area contributed by atoms with E-state index in [2.05, 4.69) is 0 Å². The van der Waals surface area contributed by atoms with Crippen LogP contribution in [0.25, 0.3) is 17.0 Å². The Balaban J connectivity index is 2.43. The Labute approximate surface area is 110 Å². The lowest BCUT2D eigenvalue weighted by molar-refractivity contribution is -0.137. The maximum atomic E-state index is 11.3. The van der Waals surface area contributed by atoms with E-state index in [1.807, 2.05) is 0 Å². The molecule has 0 spiro atoms. The van der Waals surface area contributed by atoms with Crippen LogP contribution in [-0.2, 0) is 9.53 Å². The van der Waals surface area contributed by atoms with Crippen molar-refractivity contribution in [3.8, 4) is 11.5 Å². The van der Waals surface area contributed by atoms with Crippen molar-refractivity contribution in [2.75, 3.05) is 13.7 Å². The number of hydrogen-bond acceptors (Lipinski definition) is 5. The van der Waals surface area contributed by atoms with Gasteiger partial charge in [-0.2, -0.15) is 0 Å². The highest BCUT2D eigenvalue weighted by Gasteiger charge is 2.14. The molecule has 0 amide bonds. The average Bonchev–Trinajstić information content (AvgIpc) is 2.84. The average molecular weight is 264 g/mol. The lowest BCUT2D eigenvalue weighted by Crippen LogP contribution is -1.98. The molecule has 0 bridgehead atoms. The molecule has 0 aliphatic rings. The number of carbonyl (C=O) groups is 1. The van der Waals surface area contributed by atoms with Crippen LogP contribution in [0.4, 0.5) is 0 Å². The van der Waals surface area contributed by atoms with Crippen molar-refractivity contribution in [1.29, 1.82) is 0 Å². The zero-order chi connectivity index (χ0) is 13.8. The number of ether oxygens (including phenoxy) is 2. The van der Waals surface area contributed by atoms with Crippen LogP contribution in [0.15, 0.2) is 28.9 Å². The lowest BCUT2D eigenvalue weighted by Gasteiger charge is -2.06. The van der Waals surface area contributed by atoms with Crippen molar-refractivity contribution in [1.82, 2.24) is 0 Å². The summed E-state index contributed by atoms with van der Waals surface area (Å²) in [5, 5.41) is 10.8. The van der Waals surface area contributed by atoms with Crippen LogP contribution in [0.5, 0.6) is 11.5 Å². The van der Waals surface area contributed by atoms with Crippen LogP contribution in [0.2, 0.25) is 0 Å². The van der Waals surface area contributed by atoms with Gasteiger partial charge in [-0.05, 0) is 25.1 Å². The number of benzene rings is 1. The van der Waals surface area contributed by atoms with E-state index in [-0.39, 0.29) is 11.5 Å². The van der Waals surface area contributed by atoms with Gasteiger partial charge in [-0.15, -0.1) is 0 Å². The van der Waals surface area contributed by atoms with Crippen LogP contribution >= 0.6 is 0 Å². The van der Waals surface area contributed by atoms with Crippen molar-refractivity contribution < 1.29 is 23.8 Å². The normalized spacial score (nSPS) is 11.1. The van der Waals surface area contributed by atoms with Gasteiger partial charge < -0.3 is 19.0 Å². The third kappa shape index (κ3) is 2.54. The number of furan rings is 1. The van der Waals surface area contributed by atoms with Crippen molar-refractivity contribution in [2.45, 2.75) is 6.92 Å². The van der Waals surface area contributed by atoms with E-state index in [0.29, 0.717) is 17.8 Å². The third-order valence-corrected chi connectivity index (χ3v) is 2.59. The second-order valence-corrected chi connectivity index (χ2v) is 3.77. The van der Waals surface area contributed by atoms with Crippen LogP contribution in [0, 0.1) is 0 Å². The molecular formula is C14H14O5. The van der Waals surface area contributed by atoms with Gasteiger partial charge in [0.1, 0.15) is 0 Å². The largest absolute Gasteiger partial charge is 0.504 e. The first-order chi connectivity index (χ1) is 9.17. The molecule has 0 fully saturated rings. The van der Waals surface area contributed by atoms with Crippen molar-refractivity contribution >= 4 is 23.0 Å². The number of phenols is 1. The molecule has 100 valence electrons. The Hall–Kier alpha value is -2.43. The number of hydrogen-bond donors (Lipinski definition) is 1. The molecule has 0 atom stereocenters. The molecule has 5 nitrogen and oxygen atoms in total. The van der Waals surface area contributed by atoms with E-state index in [9.17, 15) is 9.90 Å². The topological polar surface area (TPSA) is 68.9 Å². The summed E-state index contributed by atoms with van der Waals surface area (Å²) in [6.45, 7) is 2.03. The minimum absolute atomic E-state index is 0.0782. The third-order valence-electron chi connectivity index (χ3n) is 2.59. The number of aromatic hydroxyl groups is 1. The molecule has 19 heavy (non-hydrogen) atoms. The predicted molar refractivity (Wildman–Crippen MR) is 70.1 cm³/mol. The summed E-state index contributed by atoms with van der Waals surface area (Å²) >= 11 is 0. The zero-order valence-electron chi connectivity index (χ0n) is 10.7. The highest BCUT2D eigenvalue weighted by Crippen LogP contribution is 2.39. The maximum Gasteiger partial charge on any atom is 0.330 e. The molecule has 0 saturated heterocycles. The summed E-state index contributed by atoms with van der Waals surface area (Å²) in [5.74, 6) is -0.301. The van der Waals surface area contributed by atoms with Crippen LogP contribution in [0.3, 0.4) is 0 Å². The Morgan fingerprint density at radius 1 is 1.58 bits per heavy atom. The summed E-state index contributed by atoms with van der Waals surface area (Å²) in [7, 11) is 1.44. The van der Waals surface area contributed by atoms with Crippen molar-refractivity contribution in [2.24, 2.45) is 0 Å². The number of phenolic OH excluding ortho intramolecular Hbond substituents is 1. The van der Waals surface area contributed by atoms with E-state index in [1.165, 1.54) is 25.5 Å². The van der Waals surface area contributed by atoms with Gasteiger partial charge in [0.05, 0.1) is 20.0 Å². The van der Waals surface area contributed by atoms with E-state index in [4.69, 9.17) is 13.9 Å². The van der Waals surface area contributed by atoms with Crippen molar-refractivity contribution in [3.05, 3.63) is 30.0 Å². The van der Waals surface area contributed by atoms with Gasteiger partial charge in [-0.1, -0.05) is 0 Å².